The van der Waals surface area contributed by atoms with Gasteiger partial charge in [0.05, 0.1) is 5.71 Å². The highest BCUT2D eigenvalue weighted by Crippen LogP contribution is 2.17. The van der Waals surface area contributed by atoms with Gasteiger partial charge in [0, 0.05) is 6.04 Å². The van der Waals surface area contributed by atoms with Gasteiger partial charge in [-0.05, 0) is 19.8 Å². The van der Waals surface area contributed by atoms with E-state index in [-0.39, 0.29) is 6.04 Å². The van der Waals surface area contributed by atoms with Crippen LogP contribution in [0.4, 0.5) is 4.79 Å². The quantitative estimate of drug-likeness (QED) is 0.369. The fourth-order valence-corrected chi connectivity index (χ4v) is 1.67. The van der Waals surface area contributed by atoms with Crippen LogP contribution in [-0.2, 0) is 4.84 Å². The summed E-state index contributed by atoms with van der Waals surface area (Å²) < 4.78 is 0. The monoisotopic (exact) mass is 266 g/mol. The normalized spacial score (nSPS) is 18.6. The van der Waals surface area contributed by atoms with Gasteiger partial charge in [-0.25, -0.2) is 4.79 Å². The summed E-state index contributed by atoms with van der Waals surface area (Å²) >= 11 is 11.1. The Morgan fingerprint density at radius 1 is 1.38 bits per heavy atom. The predicted octanol–water partition coefficient (Wildman–Crippen LogP) is 3.22. The van der Waals surface area contributed by atoms with Crippen molar-refractivity contribution in [2.45, 2.75) is 49.9 Å². The van der Waals surface area contributed by atoms with Crippen LogP contribution in [0, 0.1) is 0 Å². The number of hydrogen-bond donors (Lipinski definition) is 1. The Hall–Kier alpha value is -0.480. The van der Waals surface area contributed by atoms with E-state index in [1.165, 1.54) is 6.42 Å². The largest absolute Gasteiger partial charge is 0.433 e. The molecule has 0 radical (unpaired) electrons. The first kappa shape index (κ1) is 13.6. The number of carbonyl (C=O) groups excluding carboxylic acids is 1. The Morgan fingerprint density at radius 2 is 2.00 bits per heavy atom. The van der Waals surface area contributed by atoms with Crippen molar-refractivity contribution >= 4 is 35.0 Å². The van der Waals surface area contributed by atoms with Crippen LogP contribution in [0.15, 0.2) is 5.16 Å². The summed E-state index contributed by atoms with van der Waals surface area (Å²) in [6.07, 6.45) is 5.01. The molecule has 1 aliphatic rings. The number of carbonyl (C=O) groups is 1. The Balaban J connectivity index is 2.27. The fourth-order valence-electron chi connectivity index (χ4n) is 1.59. The Kier molecular flexibility index (Phi) is 5.91. The maximum Gasteiger partial charge on any atom is 0.433 e. The van der Waals surface area contributed by atoms with Gasteiger partial charge in [0.1, 0.15) is 4.84 Å². The van der Waals surface area contributed by atoms with E-state index in [0.717, 1.165) is 25.7 Å². The highest BCUT2D eigenvalue weighted by Gasteiger charge is 2.16. The number of nitrogens with zero attached hydrogens (tertiary/aromatic N) is 1. The van der Waals surface area contributed by atoms with E-state index in [1.807, 2.05) is 0 Å². The SMILES string of the molecule is CC(=NOC(=O)NC1CCCCC1)C(Cl)Cl. The second kappa shape index (κ2) is 6.97. The van der Waals surface area contributed by atoms with Crippen LogP contribution in [0.2, 0.25) is 0 Å². The summed E-state index contributed by atoms with van der Waals surface area (Å²) in [5.74, 6) is 0. The van der Waals surface area contributed by atoms with Crippen LogP contribution in [0.1, 0.15) is 39.0 Å². The summed E-state index contributed by atoms with van der Waals surface area (Å²) in [6.45, 7) is 1.60. The van der Waals surface area contributed by atoms with E-state index in [0.29, 0.717) is 5.71 Å². The number of alkyl halides is 2. The van der Waals surface area contributed by atoms with E-state index in [2.05, 4.69) is 15.3 Å². The van der Waals surface area contributed by atoms with E-state index in [4.69, 9.17) is 23.2 Å². The summed E-state index contributed by atoms with van der Waals surface area (Å²) in [7, 11) is 0. The second-order valence-electron chi connectivity index (χ2n) is 3.89. The molecule has 0 bridgehead atoms. The van der Waals surface area contributed by atoms with Crippen molar-refractivity contribution in [3.05, 3.63) is 0 Å². The minimum Gasteiger partial charge on any atom is -0.317 e. The molecule has 1 aliphatic carbocycles. The third-order valence-corrected chi connectivity index (χ3v) is 3.15. The predicted molar refractivity (Wildman–Crippen MR) is 65.1 cm³/mol. The summed E-state index contributed by atoms with van der Waals surface area (Å²) in [4.78, 5) is 15.2. The lowest BCUT2D eigenvalue weighted by atomic mass is 9.96. The zero-order chi connectivity index (χ0) is 12.0. The van der Waals surface area contributed by atoms with Crippen LogP contribution < -0.4 is 5.32 Å². The molecular weight excluding hydrogens is 251 g/mol. The van der Waals surface area contributed by atoms with Gasteiger partial charge in [-0.1, -0.05) is 47.6 Å². The maximum absolute atomic E-state index is 11.3. The highest BCUT2D eigenvalue weighted by atomic mass is 35.5. The molecule has 0 aliphatic heterocycles. The molecule has 4 nitrogen and oxygen atoms in total. The van der Waals surface area contributed by atoms with Crippen molar-refractivity contribution in [1.82, 2.24) is 5.32 Å². The van der Waals surface area contributed by atoms with Gasteiger partial charge in [0.2, 0.25) is 0 Å². The lowest BCUT2D eigenvalue weighted by Crippen LogP contribution is -2.36. The number of hydrogen-bond acceptors (Lipinski definition) is 3. The molecule has 1 amide bonds. The third kappa shape index (κ3) is 5.03. The smallest absolute Gasteiger partial charge is 0.317 e. The standard InChI is InChI=1S/C10H16Cl2N2O2/c1-7(9(11)12)14-16-10(15)13-8-5-3-2-4-6-8/h8-9H,2-6H2,1H3,(H,13,15). The van der Waals surface area contributed by atoms with E-state index in [1.54, 1.807) is 6.92 Å². The lowest BCUT2D eigenvalue weighted by molar-refractivity contribution is 0.143. The summed E-state index contributed by atoms with van der Waals surface area (Å²) in [5, 5.41) is 6.29. The zero-order valence-corrected chi connectivity index (χ0v) is 10.7. The number of halogens is 2. The van der Waals surface area contributed by atoms with Gasteiger partial charge in [0.25, 0.3) is 0 Å². The van der Waals surface area contributed by atoms with Gasteiger partial charge < -0.3 is 5.32 Å². The van der Waals surface area contributed by atoms with Crippen LogP contribution in [0.5, 0.6) is 0 Å². The second-order valence-corrected chi connectivity index (χ2v) is 4.99. The molecule has 0 unspecified atom stereocenters. The Morgan fingerprint density at radius 3 is 2.56 bits per heavy atom. The Labute approximate surface area is 105 Å². The minimum absolute atomic E-state index is 0.208. The van der Waals surface area contributed by atoms with Gasteiger partial charge >= 0.3 is 6.09 Å². The lowest BCUT2D eigenvalue weighted by Gasteiger charge is -2.21. The molecule has 0 aromatic heterocycles. The molecule has 0 heterocycles. The average molecular weight is 267 g/mol. The first-order valence-electron chi connectivity index (χ1n) is 5.39. The Bertz CT molecular complexity index is 264. The van der Waals surface area contributed by atoms with Gasteiger partial charge in [-0.2, -0.15) is 0 Å². The van der Waals surface area contributed by atoms with Gasteiger partial charge in [-0.3, -0.25) is 4.84 Å². The summed E-state index contributed by atoms with van der Waals surface area (Å²) in [5.41, 5.74) is 0.363. The van der Waals surface area contributed by atoms with Crippen LogP contribution in [0.25, 0.3) is 0 Å². The summed E-state index contributed by atoms with van der Waals surface area (Å²) in [6, 6.07) is 0.208. The molecule has 6 heteroatoms. The molecular formula is C10H16Cl2N2O2. The molecule has 1 saturated carbocycles. The molecule has 0 aromatic rings. The van der Waals surface area contributed by atoms with Crippen molar-refractivity contribution in [3.63, 3.8) is 0 Å². The van der Waals surface area contributed by atoms with Crippen molar-refractivity contribution in [2.24, 2.45) is 5.16 Å². The molecule has 1 N–H and O–H groups in total. The van der Waals surface area contributed by atoms with E-state index in [9.17, 15) is 4.79 Å². The van der Waals surface area contributed by atoms with E-state index < -0.39 is 10.9 Å². The first-order valence-corrected chi connectivity index (χ1v) is 6.27. The number of rotatable bonds is 3. The molecule has 0 spiro atoms. The van der Waals surface area contributed by atoms with Gasteiger partial charge in [0.15, 0.2) is 0 Å². The molecule has 1 rings (SSSR count). The minimum atomic E-state index is -0.748. The first-order chi connectivity index (χ1) is 7.59. The van der Waals surface area contributed by atoms with E-state index >= 15 is 0 Å². The highest BCUT2D eigenvalue weighted by molar-refractivity contribution is 6.54. The van der Waals surface area contributed by atoms with Crippen LogP contribution in [0.3, 0.4) is 0 Å². The molecule has 16 heavy (non-hydrogen) atoms. The molecule has 92 valence electrons. The zero-order valence-electron chi connectivity index (χ0n) is 9.21. The molecule has 0 atom stereocenters. The average Bonchev–Trinajstić information content (AvgIpc) is 2.27. The number of amides is 1. The van der Waals surface area contributed by atoms with Crippen molar-refractivity contribution in [3.8, 4) is 0 Å². The van der Waals surface area contributed by atoms with Crippen molar-refractivity contribution < 1.29 is 9.63 Å². The molecule has 1 fully saturated rings. The van der Waals surface area contributed by atoms with Crippen LogP contribution in [-0.4, -0.2) is 22.7 Å². The maximum atomic E-state index is 11.3. The van der Waals surface area contributed by atoms with Crippen molar-refractivity contribution in [2.75, 3.05) is 0 Å². The van der Waals surface area contributed by atoms with Crippen molar-refractivity contribution in [1.29, 1.82) is 0 Å². The fraction of sp³-hybridized carbons (Fsp3) is 0.800. The number of oxime groups is 1. The topological polar surface area (TPSA) is 50.7 Å². The molecule has 0 saturated heterocycles. The van der Waals surface area contributed by atoms with Crippen LogP contribution >= 0.6 is 23.2 Å². The van der Waals surface area contributed by atoms with Gasteiger partial charge in [-0.15, -0.1) is 0 Å². The molecule has 0 aromatic carbocycles. The number of nitrogens with one attached hydrogen (secondary N) is 1. The third-order valence-electron chi connectivity index (χ3n) is 2.52.